The van der Waals surface area contributed by atoms with Gasteiger partial charge in [-0.15, -0.1) is 10.2 Å². The van der Waals surface area contributed by atoms with Gasteiger partial charge in [-0.25, -0.2) is 9.37 Å². The molecule has 1 N–H and O–H groups in total. The Labute approximate surface area is 249 Å². The Morgan fingerprint density at radius 3 is 2.43 bits per heavy atom. The van der Waals surface area contributed by atoms with E-state index in [-0.39, 0.29) is 17.8 Å². The molecule has 1 saturated heterocycles. The van der Waals surface area contributed by atoms with Crippen molar-refractivity contribution in [3.8, 4) is 0 Å². The molecule has 0 saturated carbocycles. The first kappa shape index (κ1) is 28.3. The maximum atomic E-state index is 13.5. The van der Waals surface area contributed by atoms with Gasteiger partial charge in [0.2, 0.25) is 11.1 Å². The second kappa shape index (κ2) is 13.4. The number of rotatable bonds is 11. The molecule has 1 amide bonds. The van der Waals surface area contributed by atoms with Crippen LogP contribution in [0.25, 0.3) is 22.1 Å². The third-order valence-corrected chi connectivity index (χ3v) is 8.76. The van der Waals surface area contributed by atoms with Gasteiger partial charge in [0.05, 0.1) is 5.52 Å². The van der Waals surface area contributed by atoms with Crippen molar-refractivity contribution in [3.05, 3.63) is 95.8 Å². The number of nitrogens with one attached hydrogen (secondary N) is 1. The molecule has 3 heterocycles. The van der Waals surface area contributed by atoms with Gasteiger partial charge in [0, 0.05) is 49.8 Å². The van der Waals surface area contributed by atoms with Gasteiger partial charge in [0.1, 0.15) is 11.3 Å². The van der Waals surface area contributed by atoms with Gasteiger partial charge >= 0.3 is 0 Å². The average Bonchev–Trinajstić information content (AvgIpc) is 3.32. The van der Waals surface area contributed by atoms with Crippen LogP contribution < -0.4 is 5.32 Å². The third-order valence-electron chi connectivity index (χ3n) is 7.84. The van der Waals surface area contributed by atoms with Crippen molar-refractivity contribution in [3.63, 3.8) is 0 Å². The summed E-state index contributed by atoms with van der Waals surface area (Å²) in [5.41, 5.74) is 4.88. The van der Waals surface area contributed by atoms with Crippen LogP contribution in [0.15, 0.2) is 84.0 Å². The molecule has 216 valence electrons. The van der Waals surface area contributed by atoms with Crippen LogP contribution >= 0.6 is 11.8 Å². The molecule has 3 aromatic carbocycles. The highest BCUT2D eigenvalue weighted by atomic mass is 32.2. The Bertz CT molecular complexity index is 1630. The molecule has 0 unspecified atom stereocenters. The van der Waals surface area contributed by atoms with Crippen molar-refractivity contribution >= 4 is 39.7 Å². The summed E-state index contributed by atoms with van der Waals surface area (Å²) < 4.78 is 15.6. The zero-order chi connectivity index (χ0) is 28.7. The van der Waals surface area contributed by atoms with Crippen LogP contribution in [0, 0.1) is 5.82 Å². The standard InChI is InChI=1S/C33H35FN6OS/c34-26-15-13-25(14-16-26)23-40-29-11-5-4-10-28(29)31-32(40)36-33(38-37-31)42-21-7-6-12-30(41)35-27-17-19-39(20-18-27)22-24-8-2-1-3-9-24/h1-5,8-11,13-16,27H,6-7,12,17-23H2,(H,35,41). The van der Waals surface area contributed by atoms with Crippen molar-refractivity contribution in [2.24, 2.45) is 0 Å². The summed E-state index contributed by atoms with van der Waals surface area (Å²) >= 11 is 1.57. The molecule has 0 atom stereocenters. The number of thioether (sulfide) groups is 1. The van der Waals surface area contributed by atoms with Crippen LogP contribution in [0.3, 0.4) is 0 Å². The molecule has 0 aliphatic carbocycles. The number of nitrogens with zero attached hydrogens (tertiary/aromatic N) is 5. The summed E-state index contributed by atoms with van der Waals surface area (Å²) in [6.45, 7) is 3.56. The molecule has 5 aromatic rings. The van der Waals surface area contributed by atoms with E-state index in [4.69, 9.17) is 4.98 Å². The number of hydrogen-bond acceptors (Lipinski definition) is 6. The van der Waals surface area contributed by atoms with E-state index in [0.29, 0.717) is 18.1 Å². The first-order valence-electron chi connectivity index (χ1n) is 14.7. The minimum absolute atomic E-state index is 0.145. The Morgan fingerprint density at radius 1 is 0.881 bits per heavy atom. The lowest BCUT2D eigenvalue weighted by atomic mass is 10.0. The van der Waals surface area contributed by atoms with E-state index in [9.17, 15) is 9.18 Å². The molecule has 2 aromatic heterocycles. The van der Waals surface area contributed by atoms with Crippen LogP contribution in [0.1, 0.15) is 43.2 Å². The molecule has 1 fully saturated rings. The van der Waals surface area contributed by atoms with Gasteiger partial charge in [-0.1, -0.05) is 72.4 Å². The number of halogens is 1. The van der Waals surface area contributed by atoms with Crippen LogP contribution in [-0.4, -0.2) is 55.4 Å². The molecule has 0 spiro atoms. The van der Waals surface area contributed by atoms with Crippen molar-refractivity contribution in [1.82, 2.24) is 30.0 Å². The molecule has 0 radical (unpaired) electrons. The number of likely N-dealkylation sites (tertiary alicyclic amines) is 1. The van der Waals surface area contributed by atoms with Crippen LogP contribution in [-0.2, 0) is 17.9 Å². The lowest BCUT2D eigenvalue weighted by molar-refractivity contribution is -0.122. The minimum Gasteiger partial charge on any atom is -0.353 e. The molecule has 9 heteroatoms. The van der Waals surface area contributed by atoms with E-state index in [0.717, 1.165) is 78.7 Å². The summed E-state index contributed by atoms with van der Waals surface area (Å²) in [6.07, 6.45) is 4.26. The topological polar surface area (TPSA) is 75.9 Å². The highest BCUT2D eigenvalue weighted by molar-refractivity contribution is 7.99. The number of hydrogen-bond donors (Lipinski definition) is 1. The quantitative estimate of drug-likeness (QED) is 0.147. The molecular formula is C33H35FN6OS. The normalized spacial score (nSPS) is 14.5. The SMILES string of the molecule is O=C(CCCCSc1nnc2c3ccccc3n(Cc3ccc(F)cc3)c2n1)NC1CCN(Cc2ccccc2)CC1. The number of fused-ring (bicyclic) bond motifs is 3. The first-order valence-corrected chi connectivity index (χ1v) is 15.7. The van der Waals surface area contributed by atoms with E-state index in [1.807, 2.05) is 30.3 Å². The lowest BCUT2D eigenvalue weighted by Crippen LogP contribution is -2.44. The molecular weight excluding hydrogens is 547 g/mol. The van der Waals surface area contributed by atoms with Crippen molar-refractivity contribution < 1.29 is 9.18 Å². The van der Waals surface area contributed by atoms with Crippen LogP contribution in [0.4, 0.5) is 4.39 Å². The predicted octanol–water partition coefficient (Wildman–Crippen LogP) is 6.21. The Balaban J connectivity index is 0.976. The summed E-state index contributed by atoms with van der Waals surface area (Å²) in [5, 5.41) is 13.8. The second-order valence-corrected chi connectivity index (χ2v) is 12.0. The van der Waals surface area contributed by atoms with Gasteiger partial charge in [0.25, 0.3) is 0 Å². The number of piperidine rings is 1. The molecule has 1 aliphatic rings. The zero-order valence-electron chi connectivity index (χ0n) is 23.6. The third kappa shape index (κ3) is 6.97. The Kier molecular flexibility index (Phi) is 9.06. The van der Waals surface area contributed by atoms with Gasteiger partial charge in [-0.3, -0.25) is 9.69 Å². The van der Waals surface area contributed by atoms with E-state index in [2.05, 4.69) is 49.2 Å². The van der Waals surface area contributed by atoms with Crippen LogP contribution in [0.2, 0.25) is 0 Å². The van der Waals surface area contributed by atoms with Crippen LogP contribution in [0.5, 0.6) is 0 Å². The number of unbranched alkanes of at least 4 members (excludes halogenated alkanes) is 1. The maximum absolute atomic E-state index is 13.5. The maximum Gasteiger partial charge on any atom is 0.220 e. The number of aromatic nitrogens is 4. The highest BCUT2D eigenvalue weighted by Gasteiger charge is 2.20. The predicted molar refractivity (Wildman–Crippen MR) is 166 cm³/mol. The summed E-state index contributed by atoms with van der Waals surface area (Å²) in [5.74, 6) is 0.712. The van der Waals surface area contributed by atoms with E-state index >= 15 is 0 Å². The molecule has 7 nitrogen and oxygen atoms in total. The lowest BCUT2D eigenvalue weighted by Gasteiger charge is -2.32. The summed E-state index contributed by atoms with van der Waals surface area (Å²) in [6, 6.07) is 25.4. The molecule has 1 aliphatic heterocycles. The number of benzene rings is 3. The number of para-hydroxylation sites is 1. The largest absolute Gasteiger partial charge is 0.353 e. The van der Waals surface area contributed by atoms with Crippen molar-refractivity contribution in [2.75, 3.05) is 18.8 Å². The molecule has 42 heavy (non-hydrogen) atoms. The zero-order valence-corrected chi connectivity index (χ0v) is 24.4. The Morgan fingerprint density at radius 2 is 1.62 bits per heavy atom. The van der Waals surface area contributed by atoms with E-state index in [1.165, 1.54) is 17.7 Å². The second-order valence-electron chi connectivity index (χ2n) is 10.9. The number of amides is 1. The van der Waals surface area contributed by atoms with Gasteiger partial charge in [-0.2, -0.15) is 0 Å². The summed E-state index contributed by atoms with van der Waals surface area (Å²) in [4.78, 5) is 19.9. The average molecular weight is 583 g/mol. The highest BCUT2D eigenvalue weighted by Crippen LogP contribution is 2.28. The fourth-order valence-electron chi connectivity index (χ4n) is 5.61. The minimum atomic E-state index is -0.249. The van der Waals surface area contributed by atoms with Crippen molar-refractivity contribution in [2.45, 2.75) is 56.4 Å². The van der Waals surface area contributed by atoms with Gasteiger partial charge < -0.3 is 9.88 Å². The monoisotopic (exact) mass is 582 g/mol. The van der Waals surface area contributed by atoms with Gasteiger partial charge in [0.15, 0.2) is 5.65 Å². The Hall–Kier alpha value is -3.82. The molecule has 0 bridgehead atoms. The summed E-state index contributed by atoms with van der Waals surface area (Å²) in [7, 11) is 0. The number of carbonyl (C=O) groups excluding carboxylic acids is 1. The molecule has 6 rings (SSSR count). The fourth-order valence-corrected chi connectivity index (χ4v) is 6.39. The number of carbonyl (C=O) groups is 1. The fraction of sp³-hybridized carbons (Fsp3) is 0.333. The van der Waals surface area contributed by atoms with Gasteiger partial charge in [-0.05, 0) is 55.0 Å². The smallest absolute Gasteiger partial charge is 0.220 e. The first-order chi connectivity index (χ1) is 20.6. The van der Waals surface area contributed by atoms with Crippen molar-refractivity contribution in [1.29, 1.82) is 0 Å². The van der Waals surface area contributed by atoms with E-state index < -0.39 is 0 Å². The van der Waals surface area contributed by atoms with E-state index in [1.54, 1.807) is 23.9 Å².